The Balaban J connectivity index is 1.79. The van der Waals surface area contributed by atoms with Gasteiger partial charge in [-0.25, -0.2) is 0 Å². The van der Waals surface area contributed by atoms with Gasteiger partial charge in [0.25, 0.3) is 0 Å². The molecule has 2 N–H and O–H groups in total. The summed E-state index contributed by atoms with van der Waals surface area (Å²) in [5, 5.41) is 6.51. The molecule has 2 aromatic carbocycles. The van der Waals surface area contributed by atoms with Gasteiger partial charge in [-0.05, 0) is 55.0 Å². The van der Waals surface area contributed by atoms with Gasteiger partial charge in [-0.15, -0.1) is 0 Å². The molecule has 0 radical (unpaired) electrons. The molecule has 0 unspecified atom stereocenters. The van der Waals surface area contributed by atoms with Crippen LogP contribution >= 0.6 is 0 Å². The highest BCUT2D eigenvalue weighted by atomic mass is 16.5. The fourth-order valence-corrected chi connectivity index (χ4v) is 2.99. The van der Waals surface area contributed by atoms with Gasteiger partial charge in [0.2, 0.25) is 11.9 Å². The number of ether oxygens (including phenoxy) is 1. The van der Waals surface area contributed by atoms with Gasteiger partial charge < -0.3 is 25.2 Å². The maximum absolute atomic E-state index is 5.81. The van der Waals surface area contributed by atoms with Gasteiger partial charge in [0.1, 0.15) is 0 Å². The van der Waals surface area contributed by atoms with Gasteiger partial charge in [0, 0.05) is 50.9 Å². The summed E-state index contributed by atoms with van der Waals surface area (Å²) in [7, 11) is 8.05. The van der Waals surface area contributed by atoms with Crippen molar-refractivity contribution in [2.75, 3.05) is 55.2 Å². The van der Waals surface area contributed by atoms with E-state index in [4.69, 9.17) is 4.74 Å². The summed E-state index contributed by atoms with van der Waals surface area (Å²) in [6.45, 7) is 2.74. The fourth-order valence-electron chi connectivity index (χ4n) is 2.99. The Labute approximate surface area is 190 Å². The number of benzene rings is 2. The van der Waals surface area contributed by atoms with Crippen LogP contribution in [0.5, 0.6) is 6.01 Å². The lowest BCUT2D eigenvalue weighted by molar-refractivity contribution is 0.283. The first kappa shape index (κ1) is 23.1. The molecule has 0 aliphatic carbocycles. The maximum Gasteiger partial charge on any atom is 0.323 e. The SMILES string of the molecule is CCCCCOc1nc(Nc2ccc(N(C)C)cc2)nc(Nc2ccc(N(C)C)cc2)n1. The lowest BCUT2D eigenvalue weighted by Gasteiger charge is -2.14. The Kier molecular flexibility index (Phi) is 8.08. The predicted molar refractivity (Wildman–Crippen MR) is 133 cm³/mol. The molecule has 0 saturated carbocycles. The zero-order valence-electron chi connectivity index (χ0n) is 19.6. The third kappa shape index (κ3) is 6.73. The summed E-state index contributed by atoms with van der Waals surface area (Å²) in [5.41, 5.74) is 4.02. The van der Waals surface area contributed by atoms with Crippen molar-refractivity contribution >= 4 is 34.6 Å². The topological polar surface area (TPSA) is 78.4 Å². The second kappa shape index (κ2) is 11.2. The molecule has 0 atom stereocenters. The van der Waals surface area contributed by atoms with Crippen LogP contribution in [0.15, 0.2) is 48.5 Å². The number of aromatic nitrogens is 3. The Hall–Kier alpha value is -3.55. The van der Waals surface area contributed by atoms with Gasteiger partial charge in [0.05, 0.1) is 6.61 Å². The number of hydrogen-bond donors (Lipinski definition) is 2. The molecule has 3 aromatic rings. The number of unbranched alkanes of at least 4 members (excludes halogenated alkanes) is 2. The van der Waals surface area contributed by atoms with E-state index in [1.165, 1.54) is 0 Å². The summed E-state index contributed by atoms with van der Waals surface area (Å²) in [5.74, 6) is 0.853. The standard InChI is InChI=1S/C24H33N7O/c1-6-7-8-17-32-24-28-22(25-18-9-13-20(14-10-18)30(2)3)27-23(29-24)26-19-11-15-21(16-12-19)31(4)5/h9-16H,6-8,17H2,1-5H3,(H2,25,26,27,28,29). The number of nitrogens with zero attached hydrogens (tertiary/aromatic N) is 5. The van der Waals surface area contributed by atoms with Crippen molar-refractivity contribution in [3.05, 3.63) is 48.5 Å². The van der Waals surface area contributed by atoms with Crippen molar-refractivity contribution in [3.8, 4) is 6.01 Å². The minimum absolute atomic E-state index is 0.302. The second-order valence-electron chi connectivity index (χ2n) is 7.95. The van der Waals surface area contributed by atoms with Crippen LogP contribution in [0.25, 0.3) is 0 Å². The van der Waals surface area contributed by atoms with Gasteiger partial charge in [-0.2, -0.15) is 15.0 Å². The average molecular weight is 436 g/mol. The monoisotopic (exact) mass is 435 g/mol. The first-order valence-corrected chi connectivity index (χ1v) is 10.9. The number of rotatable bonds is 11. The van der Waals surface area contributed by atoms with E-state index in [9.17, 15) is 0 Å². The minimum Gasteiger partial charge on any atom is -0.463 e. The van der Waals surface area contributed by atoms with Crippen molar-refractivity contribution in [1.82, 2.24) is 15.0 Å². The van der Waals surface area contributed by atoms with E-state index in [1.54, 1.807) is 0 Å². The molecular formula is C24H33N7O. The molecule has 1 heterocycles. The zero-order valence-corrected chi connectivity index (χ0v) is 19.6. The van der Waals surface area contributed by atoms with E-state index in [2.05, 4.69) is 42.3 Å². The molecule has 32 heavy (non-hydrogen) atoms. The Bertz CT molecular complexity index is 901. The summed E-state index contributed by atoms with van der Waals surface area (Å²) in [4.78, 5) is 17.5. The smallest absolute Gasteiger partial charge is 0.323 e. The van der Waals surface area contributed by atoms with Gasteiger partial charge >= 0.3 is 6.01 Å². The summed E-state index contributed by atoms with van der Waals surface area (Å²) in [6, 6.07) is 16.4. The van der Waals surface area contributed by atoms with Crippen LogP contribution in [0.4, 0.5) is 34.6 Å². The molecule has 3 rings (SSSR count). The van der Waals surface area contributed by atoms with Crippen LogP contribution in [-0.4, -0.2) is 49.7 Å². The second-order valence-corrected chi connectivity index (χ2v) is 7.95. The number of nitrogens with one attached hydrogen (secondary N) is 2. The van der Waals surface area contributed by atoms with Crippen molar-refractivity contribution < 1.29 is 4.74 Å². The highest BCUT2D eigenvalue weighted by molar-refractivity contribution is 5.62. The van der Waals surface area contributed by atoms with Gasteiger partial charge in [-0.1, -0.05) is 19.8 Å². The fraction of sp³-hybridized carbons (Fsp3) is 0.375. The van der Waals surface area contributed by atoms with Gasteiger partial charge in [0.15, 0.2) is 0 Å². The van der Waals surface area contributed by atoms with Crippen molar-refractivity contribution in [1.29, 1.82) is 0 Å². The Morgan fingerprint density at radius 1 is 0.688 bits per heavy atom. The van der Waals surface area contributed by atoms with Crippen LogP contribution in [0.3, 0.4) is 0 Å². The molecular weight excluding hydrogens is 402 g/mol. The van der Waals surface area contributed by atoms with Gasteiger partial charge in [-0.3, -0.25) is 0 Å². The Morgan fingerprint density at radius 3 is 1.56 bits per heavy atom. The third-order valence-electron chi connectivity index (χ3n) is 4.87. The molecule has 0 saturated heterocycles. The summed E-state index contributed by atoms with van der Waals surface area (Å²) in [6.07, 6.45) is 3.20. The molecule has 0 aliphatic rings. The van der Waals surface area contributed by atoms with E-state index >= 15 is 0 Å². The lowest BCUT2D eigenvalue weighted by atomic mass is 10.2. The third-order valence-corrected chi connectivity index (χ3v) is 4.87. The minimum atomic E-state index is 0.302. The summed E-state index contributed by atoms with van der Waals surface area (Å²) >= 11 is 0. The van der Waals surface area contributed by atoms with Crippen molar-refractivity contribution in [2.45, 2.75) is 26.2 Å². The molecule has 170 valence electrons. The van der Waals surface area contributed by atoms with E-state index in [0.717, 1.165) is 42.0 Å². The van der Waals surface area contributed by atoms with E-state index in [-0.39, 0.29) is 0 Å². The molecule has 0 bridgehead atoms. The van der Waals surface area contributed by atoms with E-state index in [1.807, 2.05) is 76.7 Å². The molecule has 0 amide bonds. The van der Waals surface area contributed by atoms with Crippen LogP contribution < -0.4 is 25.2 Å². The van der Waals surface area contributed by atoms with Crippen LogP contribution in [0.1, 0.15) is 26.2 Å². The normalized spacial score (nSPS) is 10.5. The largest absolute Gasteiger partial charge is 0.463 e. The molecule has 0 spiro atoms. The lowest BCUT2D eigenvalue weighted by Crippen LogP contribution is -2.09. The molecule has 0 fully saturated rings. The van der Waals surface area contributed by atoms with E-state index < -0.39 is 0 Å². The van der Waals surface area contributed by atoms with Crippen molar-refractivity contribution in [3.63, 3.8) is 0 Å². The highest BCUT2D eigenvalue weighted by Gasteiger charge is 2.09. The van der Waals surface area contributed by atoms with Crippen LogP contribution in [0.2, 0.25) is 0 Å². The number of hydrogen-bond acceptors (Lipinski definition) is 8. The zero-order chi connectivity index (χ0) is 22.9. The Morgan fingerprint density at radius 2 is 1.16 bits per heavy atom. The van der Waals surface area contributed by atoms with Crippen LogP contribution in [-0.2, 0) is 0 Å². The first-order valence-electron chi connectivity index (χ1n) is 10.9. The molecule has 8 heteroatoms. The van der Waals surface area contributed by atoms with E-state index in [0.29, 0.717) is 24.5 Å². The molecule has 1 aromatic heterocycles. The molecule has 0 aliphatic heterocycles. The average Bonchev–Trinajstić information content (AvgIpc) is 2.77. The quantitative estimate of drug-likeness (QED) is 0.405. The molecule has 8 nitrogen and oxygen atoms in total. The van der Waals surface area contributed by atoms with Crippen LogP contribution in [0, 0.1) is 0 Å². The maximum atomic E-state index is 5.81. The summed E-state index contributed by atoms with van der Waals surface area (Å²) < 4.78 is 5.81. The first-order chi connectivity index (χ1) is 15.4. The van der Waals surface area contributed by atoms with Crippen molar-refractivity contribution in [2.24, 2.45) is 0 Å². The predicted octanol–water partition coefficient (Wildman–Crippen LogP) is 5.06. The number of anilines is 6. The highest BCUT2D eigenvalue weighted by Crippen LogP contribution is 2.23.